The van der Waals surface area contributed by atoms with Gasteiger partial charge in [0.05, 0.1) is 0 Å². The fraction of sp³-hybridized carbons (Fsp3) is 0.611. The number of carbonyl (C=O) groups excluding carboxylic acids is 1. The van der Waals surface area contributed by atoms with Crippen molar-refractivity contribution >= 4 is 14.1 Å². The molecule has 1 fully saturated rings. The Hall–Kier alpha value is -1.00. The van der Waals surface area contributed by atoms with Gasteiger partial charge < -0.3 is 4.43 Å². The molecule has 2 nitrogen and oxygen atoms in total. The number of Topliss-reactive ketones (excluding diaryl/α,β-unsaturated/α-hetero) is 1. The second-order valence-electron chi connectivity index (χ2n) is 7.94. The molecule has 2 rings (SSSR count). The van der Waals surface area contributed by atoms with Gasteiger partial charge in [-0.15, -0.1) is 0 Å². The summed E-state index contributed by atoms with van der Waals surface area (Å²) in [4.78, 5) is 11.9. The van der Waals surface area contributed by atoms with Crippen LogP contribution in [0.3, 0.4) is 0 Å². The van der Waals surface area contributed by atoms with E-state index in [1.165, 1.54) is 6.07 Å². The Labute approximate surface area is 134 Å². The van der Waals surface area contributed by atoms with Crippen LogP contribution in [0.2, 0.25) is 18.1 Å². The average Bonchev–Trinajstić information content (AvgIpc) is 2.76. The van der Waals surface area contributed by atoms with E-state index in [2.05, 4.69) is 33.9 Å². The van der Waals surface area contributed by atoms with Crippen molar-refractivity contribution in [2.24, 2.45) is 5.92 Å². The monoisotopic (exact) mass is 322 g/mol. The van der Waals surface area contributed by atoms with Crippen LogP contribution < -0.4 is 0 Å². The number of benzene rings is 1. The lowest BCUT2D eigenvalue weighted by atomic mass is 9.89. The third-order valence-corrected chi connectivity index (χ3v) is 9.75. The summed E-state index contributed by atoms with van der Waals surface area (Å²) in [7, 11) is -1.82. The first-order valence-corrected chi connectivity index (χ1v) is 10.9. The van der Waals surface area contributed by atoms with Crippen molar-refractivity contribution in [2.75, 3.05) is 6.61 Å². The molecule has 0 aromatic heterocycles. The van der Waals surface area contributed by atoms with Gasteiger partial charge in [0.2, 0.25) is 0 Å². The molecule has 22 heavy (non-hydrogen) atoms. The van der Waals surface area contributed by atoms with Crippen LogP contribution in [0.5, 0.6) is 0 Å². The number of hydrogen-bond acceptors (Lipinski definition) is 2. The zero-order valence-corrected chi connectivity index (χ0v) is 15.3. The van der Waals surface area contributed by atoms with Crippen molar-refractivity contribution in [2.45, 2.75) is 57.7 Å². The van der Waals surface area contributed by atoms with Gasteiger partial charge in [-0.25, -0.2) is 4.39 Å². The summed E-state index contributed by atoms with van der Waals surface area (Å²) in [5, 5.41) is 0.157. The number of ketones is 1. The largest absolute Gasteiger partial charge is 0.417 e. The fourth-order valence-corrected chi connectivity index (χ4v) is 3.83. The highest BCUT2D eigenvalue weighted by Gasteiger charge is 2.40. The van der Waals surface area contributed by atoms with Crippen LogP contribution in [0.25, 0.3) is 0 Å². The molecule has 0 saturated heterocycles. The van der Waals surface area contributed by atoms with E-state index in [1.807, 2.05) is 6.07 Å². The lowest BCUT2D eigenvalue weighted by molar-refractivity contribution is -0.117. The van der Waals surface area contributed by atoms with Gasteiger partial charge in [0.1, 0.15) is 11.6 Å². The van der Waals surface area contributed by atoms with Gasteiger partial charge in [-0.3, -0.25) is 4.79 Å². The molecule has 0 bridgehead atoms. The van der Waals surface area contributed by atoms with Gasteiger partial charge in [-0.1, -0.05) is 32.9 Å². The van der Waals surface area contributed by atoms with E-state index in [4.69, 9.17) is 4.43 Å². The maximum Gasteiger partial charge on any atom is 0.191 e. The molecule has 2 unspecified atom stereocenters. The van der Waals surface area contributed by atoms with E-state index in [0.717, 1.165) is 5.56 Å². The SMILES string of the molecule is CC(C)(C)[Si](C)(C)OCC1CC(=O)CC1c1cccc(F)c1. The highest BCUT2D eigenvalue weighted by Crippen LogP contribution is 2.41. The van der Waals surface area contributed by atoms with Crippen LogP contribution in [0.4, 0.5) is 4.39 Å². The predicted molar refractivity (Wildman–Crippen MR) is 90.0 cm³/mol. The number of hydrogen-bond donors (Lipinski definition) is 0. The lowest BCUT2D eigenvalue weighted by Crippen LogP contribution is -2.42. The first kappa shape index (κ1) is 17.4. The molecule has 0 N–H and O–H groups in total. The van der Waals surface area contributed by atoms with Gasteiger partial charge in [0, 0.05) is 19.4 Å². The fourth-order valence-electron chi connectivity index (χ4n) is 2.76. The summed E-state index contributed by atoms with van der Waals surface area (Å²) in [6, 6.07) is 6.65. The second kappa shape index (κ2) is 6.24. The Morgan fingerprint density at radius 1 is 1.27 bits per heavy atom. The second-order valence-corrected chi connectivity index (χ2v) is 12.7. The highest BCUT2D eigenvalue weighted by atomic mass is 28.4. The molecule has 0 amide bonds. The Balaban J connectivity index is 2.11. The van der Waals surface area contributed by atoms with Crippen LogP contribution in [-0.2, 0) is 9.22 Å². The number of halogens is 1. The van der Waals surface area contributed by atoms with Gasteiger partial charge >= 0.3 is 0 Å². The third-order valence-electron chi connectivity index (χ3n) is 5.25. The van der Waals surface area contributed by atoms with Crippen molar-refractivity contribution in [1.82, 2.24) is 0 Å². The van der Waals surface area contributed by atoms with E-state index < -0.39 is 8.32 Å². The molecular weight excluding hydrogens is 295 g/mol. The van der Waals surface area contributed by atoms with Crippen LogP contribution >= 0.6 is 0 Å². The molecule has 122 valence electrons. The summed E-state index contributed by atoms with van der Waals surface area (Å²) in [6.07, 6.45) is 1.06. The summed E-state index contributed by atoms with van der Waals surface area (Å²) in [6.45, 7) is 11.7. The Morgan fingerprint density at radius 2 is 1.95 bits per heavy atom. The average molecular weight is 322 g/mol. The normalized spacial score (nSPS) is 23.1. The van der Waals surface area contributed by atoms with E-state index >= 15 is 0 Å². The van der Waals surface area contributed by atoms with Crippen LogP contribution in [0.15, 0.2) is 24.3 Å². The predicted octanol–water partition coefficient (Wildman–Crippen LogP) is 4.91. The van der Waals surface area contributed by atoms with Gasteiger partial charge in [-0.2, -0.15) is 0 Å². The molecule has 0 aliphatic heterocycles. The minimum absolute atomic E-state index is 0.0907. The smallest absolute Gasteiger partial charge is 0.191 e. The molecule has 4 heteroatoms. The van der Waals surface area contributed by atoms with Crippen molar-refractivity contribution in [3.05, 3.63) is 35.6 Å². The van der Waals surface area contributed by atoms with Gasteiger partial charge in [0.25, 0.3) is 0 Å². The molecule has 0 radical (unpaired) electrons. The maximum atomic E-state index is 13.5. The van der Waals surface area contributed by atoms with Crippen molar-refractivity contribution < 1.29 is 13.6 Å². The van der Waals surface area contributed by atoms with Crippen molar-refractivity contribution in [3.8, 4) is 0 Å². The van der Waals surface area contributed by atoms with Crippen LogP contribution in [-0.4, -0.2) is 20.7 Å². The summed E-state index contributed by atoms with van der Waals surface area (Å²) in [5.74, 6) is 0.287. The van der Waals surface area contributed by atoms with Crippen molar-refractivity contribution in [3.63, 3.8) is 0 Å². The standard InChI is InChI=1S/C18H27FO2Si/c1-18(2,3)22(4,5)21-12-14-10-16(20)11-17(14)13-7-6-8-15(19)9-13/h6-9,14,17H,10-12H2,1-5H3. The Kier molecular flexibility index (Phi) is 4.92. The van der Waals surface area contributed by atoms with E-state index in [9.17, 15) is 9.18 Å². The quantitative estimate of drug-likeness (QED) is 0.736. The highest BCUT2D eigenvalue weighted by molar-refractivity contribution is 6.74. The molecule has 0 spiro atoms. The van der Waals surface area contributed by atoms with E-state index in [1.54, 1.807) is 12.1 Å². The molecule has 1 aromatic rings. The first-order valence-electron chi connectivity index (χ1n) is 8.01. The minimum atomic E-state index is -1.82. The molecule has 1 saturated carbocycles. The Bertz CT molecular complexity index is 548. The Morgan fingerprint density at radius 3 is 2.55 bits per heavy atom. The molecule has 2 atom stereocenters. The third kappa shape index (κ3) is 3.85. The molecule has 0 heterocycles. The van der Waals surface area contributed by atoms with Crippen LogP contribution in [0.1, 0.15) is 45.1 Å². The summed E-state index contributed by atoms with van der Waals surface area (Å²) < 4.78 is 19.8. The number of rotatable bonds is 4. The van der Waals surface area contributed by atoms with Crippen LogP contribution in [0, 0.1) is 11.7 Å². The summed E-state index contributed by atoms with van der Waals surface area (Å²) >= 11 is 0. The lowest BCUT2D eigenvalue weighted by Gasteiger charge is -2.37. The minimum Gasteiger partial charge on any atom is -0.417 e. The molecule has 1 aromatic carbocycles. The number of carbonyl (C=O) groups is 1. The molecule has 1 aliphatic rings. The van der Waals surface area contributed by atoms with Gasteiger partial charge in [0.15, 0.2) is 8.32 Å². The van der Waals surface area contributed by atoms with Crippen molar-refractivity contribution in [1.29, 1.82) is 0 Å². The van der Waals surface area contributed by atoms with E-state index in [-0.39, 0.29) is 28.5 Å². The summed E-state index contributed by atoms with van der Waals surface area (Å²) in [5.41, 5.74) is 0.926. The van der Waals surface area contributed by atoms with E-state index in [0.29, 0.717) is 19.4 Å². The zero-order valence-electron chi connectivity index (χ0n) is 14.3. The topological polar surface area (TPSA) is 26.3 Å². The zero-order chi connectivity index (χ0) is 16.5. The molecular formula is C18H27FO2Si. The molecule has 1 aliphatic carbocycles. The van der Waals surface area contributed by atoms with Gasteiger partial charge in [-0.05, 0) is 47.7 Å². The maximum absolute atomic E-state index is 13.5. The first-order chi connectivity index (χ1) is 10.1.